The Morgan fingerprint density at radius 2 is 2.02 bits per heavy atom. The molecule has 3 aliphatic rings. The van der Waals surface area contributed by atoms with Crippen LogP contribution in [0.2, 0.25) is 0 Å². The maximum absolute atomic E-state index is 12.3. The van der Waals surface area contributed by atoms with Crippen molar-refractivity contribution in [3.8, 4) is 0 Å². The van der Waals surface area contributed by atoms with E-state index in [0.717, 1.165) is 57.6 Å². The zero-order valence-corrected chi connectivity index (χ0v) is 25.4. The fraction of sp³-hybridized carbons (Fsp3) is 0.394. The third kappa shape index (κ3) is 6.41. The van der Waals surface area contributed by atoms with Crippen molar-refractivity contribution >= 4 is 55.7 Å². The average molecular weight is 586 g/mol. The van der Waals surface area contributed by atoms with Crippen LogP contribution < -0.4 is 10.6 Å². The predicted molar refractivity (Wildman–Crippen MR) is 173 cm³/mol. The number of hydrogen-bond donors (Lipinski definition) is 3. The number of thiazole rings is 1. The summed E-state index contributed by atoms with van der Waals surface area (Å²) in [7, 11) is 0. The molecule has 3 N–H and O–H groups in total. The fourth-order valence-corrected chi connectivity index (χ4v) is 6.57. The van der Waals surface area contributed by atoms with Crippen molar-refractivity contribution in [2.24, 2.45) is 16.3 Å². The number of carboxylic acids is 1. The van der Waals surface area contributed by atoms with Gasteiger partial charge in [-0.25, -0.2) is 14.8 Å². The van der Waals surface area contributed by atoms with Gasteiger partial charge in [0, 0.05) is 37.2 Å². The molecule has 220 valence electrons. The van der Waals surface area contributed by atoms with Gasteiger partial charge in [0.2, 0.25) is 0 Å². The number of aromatic nitrogens is 1. The second-order valence-electron chi connectivity index (χ2n) is 11.5. The Labute approximate surface area is 251 Å². The molecule has 2 aliphatic heterocycles. The Kier molecular flexibility index (Phi) is 8.77. The molecular formula is C33H39N5O3S. The number of likely N-dealkylation sites (tertiary alicyclic amines) is 1. The number of aliphatic carboxylic acids is 1. The SMILES string of the molecule is C=C1N=C(N2CCC(C)(C(=O)O)CC2)CCC(C)C=C1c1cc(C2=CCC=CC=C2)c2sc(NC(=O)NCC)nc2c1. The zero-order chi connectivity index (χ0) is 29.9. The van der Waals surface area contributed by atoms with Gasteiger partial charge in [-0.2, -0.15) is 0 Å². The molecule has 0 spiro atoms. The summed E-state index contributed by atoms with van der Waals surface area (Å²) in [5.74, 6) is 0.549. The van der Waals surface area contributed by atoms with Gasteiger partial charge in [-0.1, -0.05) is 61.3 Å². The van der Waals surface area contributed by atoms with Gasteiger partial charge in [0.05, 0.1) is 21.3 Å². The van der Waals surface area contributed by atoms with Gasteiger partial charge in [0.15, 0.2) is 5.13 Å². The summed E-state index contributed by atoms with van der Waals surface area (Å²) in [4.78, 5) is 36.1. The minimum absolute atomic E-state index is 0.274. The number of rotatable bonds is 5. The third-order valence-electron chi connectivity index (χ3n) is 8.26. The van der Waals surface area contributed by atoms with Crippen molar-refractivity contribution < 1.29 is 14.7 Å². The lowest BCUT2D eigenvalue weighted by Crippen LogP contribution is -2.45. The molecular weight excluding hydrogens is 546 g/mol. The van der Waals surface area contributed by atoms with E-state index in [9.17, 15) is 14.7 Å². The highest BCUT2D eigenvalue weighted by Crippen LogP contribution is 2.39. The number of anilines is 1. The van der Waals surface area contributed by atoms with Crippen LogP contribution in [0.3, 0.4) is 0 Å². The largest absolute Gasteiger partial charge is 0.481 e. The van der Waals surface area contributed by atoms with E-state index >= 15 is 0 Å². The monoisotopic (exact) mass is 585 g/mol. The van der Waals surface area contributed by atoms with Crippen LogP contribution in [0.5, 0.6) is 0 Å². The number of carboxylic acid groups (broad SMARTS) is 1. The van der Waals surface area contributed by atoms with Crippen molar-refractivity contribution in [2.45, 2.75) is 52.9 Å². The lowest BCUT2D eigenvalue weighted by molar-refractivity contribution is -0.150. The Balaban J connectivity index is 1.53. The summed E-state index contributed by atoms with van der Waals surface area (Å²) in [6.07, 6.45) is 16.6. The molecule has 5 rings (SSSR count). The molecule has 1 aliphatic carbocycles. The normalized spacial score (nSPS) is 20.6. The zero-order valence-electron chi connectivity index (χ0n) is 24.6. The Hall–Kier alpha value is -3.98. The van der Waals surface area contributed by atoms with Crippen LogP contribution in [0.15, 0.2) is 65.9 Å². The molecule has 1 atom stereocenters. The van der Waals surface area contributed by atoms with Gasteiger partial charge in [0.1, 0.15) is 5.84 Å². The van der Waals surface area contributed by atoms with E-state index in [0.29, 0.717) is 49.2 Å². The van der Waals surface area contributed by atoms with Gasteiger partial charge in [0.25, 0.3) is 0 Å². The van der Waals surface area contributed by atoms with Crippen molar-refractivity contribution in [1.29, 1.82) is 0 Å². The smallest absolute Gasteiger partial charge is 0.321 e. The number of aliphatic imine (C=N–C) groups is 1. The van der Waals surface area contributed by atoms with Crippen molar-refractivity contribution in [1.82, 2.24) is 15.2 Å². The van der Waals surface area contributed by atoms with E-state index in [4.69, 9.17) is 9.98 Å². The fourth-order valence-electron chi connectivity index (χ4n) is 5.59. The molecule has 1 saturated heterocycles. The Morgan fingerprint density at radius 1 is 1.24 bits per heavy atom. The number of benzene rings is 1. The maximum Gasteiger partial charge on any atom is 0.321 e. The van der Waals surface area contributed by atoms with Gasteiger partial charge in [-0.05, 0) is 68.7 Å². The maximum atomic E-state index is 12.3. The topological polar surface area (TPSA) is 107 Å². The Morgan fingerprint density at radius 3 is 2.76 bits per heavy atom. The molecule has 8 nitrogen and oxygen atoms in total. The van der Waals surface area contributed by atoms with E-state index in [-0.39, 0.29) is 6.03 Å². The van der Waals surface area contributed by atoms with Crippen LogP contribution in [0.4, 0.5) is 9.93 Å². The van der Waals surface area contributed by atoms with E-state index in [1.807, 2.05) is 19.9 Å². The van der Waals surface area contributed by atoms with Crippen LogP contribution in [-0.4, -0.2) is 52.5 Å². The van der Waals surface area contributed by atoms with Crippen LogP contribution >= 0.6 is 11.3 Å². The van der Waals surface area contributed by atoms with Crippen molar-refractivity contribution in [3.05, 3.63) is 72.0 Å². The van der Waals surface area contributed by atoms with Crippen LogP contribution in [0.1, 0.15) is 64.0 Å². The molecule has 1 unspecified atom stereocenters. The van der Waals surface area contributed by atoms with E-state index in [2.05, 4.69) is 71.5 Å². The first-order chi connectivity index (χ1) is 20.2. The van der Waals surface area contributed by atoms with Crippen molar-refractivity contribution in [3.63, 3.8) is 0 Å². The number of allylic oxidation sites excluding steroid dienone is 8. The second kappa shape index (κ2) is 12.5. The number of amides is 2. The number of nitrogens with one attached hydrogen (secondary N) is 2. The molecule has 0 radical (unpaired) electrons. The molecule has 2 aromatic rings. The minimum atomic E-state index is -0.725. The van der Waals surface area contributed by atoms with E-state index in [1.165, 1.54) is 11.3 Å². The Bertz CT molecular complexity index is 1550. The summed E-state index contributed by atoms with van der Waals surface area (Å²) in [6.45, 7) is 12.2. The number of carbonyl (C=O) groups excluding carboxylic acids is 1. The van der Waals surface area contributed by atoms with Gasteiger partial charge >= 0.3 is 12.0 Å². The number of urea groups is 1. The van der Waals surface area contributed by atoms with Gasteiger partial charge in [-0.15, -0.1) is 0 Å². The highest BCUT2D eigenvalue weighted by Gasteiger charge is 2.37. The summed E-state index contributed by atoms with van der Waals surface area (Å²) in [5.41, 5.74) is 4.92. The number of nitrogens with zero attached hydrogens (tertiary/aromatic N) is 3. The highest BCUT2D eigenvalue weighted by atomic mass is 32.1. The quantitative estimate of drug-likeness (QED) is 0.343. The molecule has 0 saturated carbocycles. The first-order valence-corrected chi connectivity index (χ1v) is 15.5. The van der Waals surface area contributed by atoms with Crippen LogP contribution in [0.25, 0.3) is 21.4 Å². The summed E-state index contributed by atoms with van der Waals surface area (Å²) < 4.78 is 1.01. The van der Waals surface area contributed by atoms with E-state index < -0.39 is 11.4 Å². The predicted octanol–water partition coefficient (Wildman–Crippen LogP) is 7.25. The second-order valence-corrected chi connectivity index (χ2v) is 12.5. The molecule has 2 amide bonds. The summed E-state index contributed by atoms with van der Waals surface area (Å²) in [6, 6.07) is 3.98. The number of piperidine rings is 1. The van der Waals surface area contributed by atoms with Crippen LogP contribution in [-0.2, 0) is 4.79 Å². The third-order valence-corrected chi connectivity index (χ3v) is 9.28. The molecule has 1 aromatic carbocycles. The molecule has 42 heavy (non-hydrogen) atoms. The minimum Gasteiger partial charge on any atom is -0.481 e. The molecule has 1 fully saturated rings. The molecule has 9 heteroatoms. The number of hydrogen-bond acceptors (Lipinski definition) is 6. The first kappa shape index (κ1) is 29.5. The van der Waals surface area contributed by atoms with Crippen molar-refractivity contribution in [2.75, 3.05) is 25.0 Å². The van der Waals surface area contributed by atoms with Gasteiger partial charge in [-0.3, -0.25) is 10.1 Å². The molecule has 1 aromatic heterocycles. The summed E-state index contributed by atoms with van der Waals surface area (Å²) in [5, 5.41) is 15.9. The standard InChI is InChI=1S/C33H39N5O3S/c1-5-34-31(41)37-32-36-27-20-24(19-26(29(27)42-32)23-10-8-6-7-9-11-23)25-18-21(2)12-13-28(35-22(25)3)38-16-14-33(4,15-17-38)30(39)40/h6-8,10-11,18-21H,3,5,9,12-17H2,1-2,4H3,(H,39,40)(H2,34,36,37,41). The van der Waals surface area contributed by atoms with E-state index in [1.54, 1.807) is 0 Å². The lowest BCUT2D eigenvalue weighted by atomic mass is 9.80. The number of amidine groups is 1. The first-order valence-electron chi connectivity index (χ1n) is 14.7. The lowest BCUT2D eigenvalue weighted by Gasteiger charge is -2.38. The molecule has 0 bridgehead atoms. The van der Waals surface area contributed by atoms with Gasteiger partial charge < -0.3 is 15.3 Å². The number of fused-ring (bicyclic) bond motifs is 1. The summed E-state index contributed by atoms with van der Waals surface area (Å²) >= 11 is 1.47. The van der Waals surface area contributed by atoms with Crippen LogP contribution in [0, 0.1) is 11.3 Å². The average Bonchev–Trinajstić information content (AvgIpc) is 3.16. The number of carbonyl (C=O) groups is 2. The molecule has 3 heterocycles. The highest BCUT2D eigenvalue weighted by molar-refractivity contribution is 7.22.